The summed E-state index contributed by atoms with van der Waals surface area (Å²) in [5.41, 5.74) is 1.12. The Labute approximate surface area is 131 Å². The Morgan fingerprint density at radius 3 is 2.76 bits per heavy atom. The lowest BCUT2D eigenvalue weighted by atomic mass is 9.93. The summed E-state index contributed by atoms with van der Waals surface area (Å²) in [5.74, 6) is 1.47. The van der Waals surface area contributed by atoms with Crippen molar-refractivity contribution in [1.29, 1.82) is 0 Å². The van der Waals surface area contributed by atoms with E-state index in [9.17, 15) is 4.79 Å². The van der Waals surface area contributed by atoms with Crippen molar-refractivity contribution in [2.45, 2.75) is 38.3 Å². The van der Waals surface area contributed by atoms with E-state index in [1.807, 2.05) is 36.2 Å². The van der Waals surface area contributed by atoms with Gasteiger partial charge in [0.15, 0.2) is 0 Å². The van der Waals surface area contributed by atoms with E-state index >= 15 is 0 Å². The number of nitrogens with zero attached hydrogens (tertiary/aromatic N) is 1. The molecule has 1 aliphatic heterocycles. The Balaban J connectivity index is 1.70. The van der Waals surface area contributed by atoms with Crippen LogP contribution in [0.4, 0.5) is 0 Å². The number of carbonyl (C=O) groups is 1. The van der Waals surface area contributed by atoms with Crippen molar-refractivity contribution in [3.63, 3.8) is 0 Å². The van der Waals surface area contributed by atoms with Gasteiger partial charge in [-0.2, -0.15) is 0 Å². The first-order valence-corrected chi connectivity index (χ1v) is 8.21. The minimum Gasteiger partial charge on any atom is -0.338 e. The number of amides is 1. The summed E-state index contributed by atoms with van der Waals surface area (Å²) in [6.45, 7) is 3.08. The average molecular weight is 307 g/mol. The summed E-state index contributed by atoms with van der Waals surface area (Å²) < 4.78 is 0. The smallest absolute Gasteiger partial charge is 0.240 e. The highest BCUT2D eigenvalue weighted by molar-refractivity contribution is 6.30. The monoisotopic (exact) mass is 306 g/mol. The summed E-state index contributed by atoms with van der Waals surface area (Å²) in [6.07, 6.45) is 3.74. The first kappa shape index (κ1) is 14.9. The topological polar surface area (TPSA) is 32.3 Å². The molecule has 1 aromatic rings. The fraction of sp³-hybridized carbons (Fsp3) is 0.588. The minimum atomic E-state index is 0.0113. The third-order valence-corrected chi connectivity index (χ3v) is 5.54. The molecule has 0 radical (unpaired) electrons. The van der Waals surface area contributed by atoms with Crippen LogP contribution in [0.15, 0.2) is 24.3 Å². The van der Waals surface area contributed by atoms with E-state index in [-0.39, 0.29) is 18.0 Å². The van der Waals surface area contributed by atoms with Crippen LogP contribution in [0.25, 0.3) is 0 Å². The normalized spacial score (nSPS) is 29.2. The quantitative estimate of drug-likeness (QED) is 0.930. The molecule has 0 spiro atoms. The zero-order valence-corrected chi connectivity index (χ0v) is 13.4. The number of hydrogen-bond donors (Lipinski definition) is 1. The van der Waals surface area contributed by atoms with Gasteiger partial charge in [-0.1, -0.05) is 30.2 Å². The Kier molecular flexibility index (Phi) is 4.23. The number of likely N-dealkylation sites (N-methyl/N-ethyl adjacent to an activating group) is 1. The molecule has 1 heterocycles. The van der Waals surface area contributed by atoms with Gasteiger partial charge in [-0.15, -0.1) is 0 Å². The van der Waals surface area contributed by atoms with Gasteiger partial charge in [-0.25, -0.2) is 0 Å². The van der Waals surface area contributed by atoms with Crippen LogP contribution in [0.1, 0.15) is 37.8 Å². The van der Waals surface area contributed by atoms with Crippen LogP contribution in [0.5, 0.6) is 0 Å². The van der Waals surface area contributed by atoms with Gasteiger partial charge in [0.25, 0.3) is 0 Å². The molecule has 1 saturated heterocycles. The fourth-order valence-electron chi connectivity index (χ4n) is 3.83. The average Bonchev–Trinajstić information content (AvgIpc) is 3.08. The van der Waals surface area contributed by atoms with Crippen molar-refractivity contribution in [2.24, 2.45) is 11.8 Å². The third-order valence-electron chi connectivity index (χ3n) is 5.29. The standard InChI is InChI=1S/C17H23ClN2O/c1-11(12-6-8-14(18)9-7-12)20(2)17(21)16-15-5-3-4-13(15)10-19-16/h6-9,11,13,15-16,19H,3-5,10H2,1-2H3. The minimum absolute atomic E-state index is 0.0113. The molecule has 1 amide bonds. The summed E-state index contributed by atoms with van der Waals surface area (Å²) in [6, 6.07) is 7.84. The molecule has 4 heteroatoms. The van der Waals surface area contributed by atoms with E-state index in [0.29, 0.717) is 11.8 Å². The number of rotatable bonds is 3. The molecule has 2 aliphatic rings. The molecule has 4 atom stereocenters. The molecule has 114 valence electrons. The highest BCUT2D eigenvalue weighted by Gasteiger charge is 2.43. The number of fused-ring (bicyclic) bond motifs is 1. The summed E-state index contributed by atoms with van der Waals surface area (Å²) >= 11 is 5.93. The van der Waals surface area contributed by atoms with Gasteiger partial charge < -0.3 is 10.2 Å². The van der Waals surface area contributed by atoms with Crippen LogP contribution in [-0.2, 0) is 4.79 Å². The fourth-order valence-corrected chi connectivity index (χ4v) is 3.96. The highest BCUT2D eigenvalue weighted by atomic mass is 35.5. The van der Waals surface area contributed by atoms with Gasteiger partial charge in [0.05, 0.1) is 12.1 Å². The Hall–Kier alpha value is -1.06. The molecular weight excluding hydrogens is 284 g/mol. The molecule has 1 N–H and O–H groups in total. The van der Waals surface area contributed by atoms with E-state index in [0.717, 1.165) is 17.1 Å². The van der Waals surface area contributed by atoms with E-state index in [1.165, 1.54) is 19.3 Å². The lowest BCUT2D eigenvalue weighted by Crippen LogP contribution is -2.45. The second kappa shape index (κ2) is 5.98. The maximum atomic E-state index is 12.8. The van der Waals surface area contributed by atoms with Gasteiger partial charge in [-0.05, 0) is 55.8 Å². The maximum Gasteiger partial charge on any atom is 0.240 e. The second-order valence-electron chi connectivity index (χ2n) is 6.42. The van der Waals surface area contributed by atoms with Crippen LogP contribution in [0.3, 0.4) is 0 Å². The predicted molar refractivity (Wildman–Crippen MR) is 85.3 cm³/mol. The highest BCUT2D eigenvalue weighted by Crippen LogP contribution is 2.38. The Bertz CT molecular complexity index is 516. The van der Waals surface area contributed by atoms with Crippen LogP contribution in [-0.4, -0.2) is 30.4 Å². The Morgan fingerprint density at radius 1 is 1.33 bits per heavy atom. The second-order valence-corrected chi connectivity index (χ2v) is 6.85. The lowest BCUT2D eigenvalue weighted by Gasteiger charge is -2.30. The van der Waals surface area contributed by atoms with Crippen molar-refractivity contribution < 1.29 is 4.79 Å². The summed E-state index contributed by atoms with van der Waals surface area (Å²) in [5, 5.41) is 4.17. The SMILES string of the molecule is CC(c1ccc(Cl)cc1)N(C)C(=O)C1NCC2CCCC21. The van der Waals surface area contributed by atoms with Gasteiger partial charge in [0.2, 0.25) is 5.91 Å². The van der Waals surface area contributed by atoms with E-state index in [2.05, 4.69) is 12.2 Å². The van der Waals surface area contributed by atoms with Crippen LogP contribution < -0.4 is 5.32 Å². The zero-order chi connectivity index (χ0) is 15.0. The lowest BCUT2D eigenvalue weighted by molar-refractivity contribution is -0.134. The van der Waals surface area contributed by atoms with E-state index in [4.69, 9.17) is 11.6 Å². The third kappa shape index (κ3) is 2.82. The first-order chi connectivity index (χ1) is 10.1. The number of carbonyl (C=O) groups excluding carboxylic acids is 1. The van der Waals surface area contributed by atoms with Crippen molar-refractivity contribution in [3.05, 3.63) is 34.9 Å². The van der Waals surface area contributed by atoms with E-state index in [1.54, 1.807) is 0 Å². The molecule has 21 heavy (non-hydrogen) atoms. The molecule has 4 unspecified atom stereocenters. The molecule has 2 fully saturated rings. The van der Waals surface area contributed by atoms with Crippen molar-refractivity contribution in [2.75, 3.05) is 13.6 Å². The predicted octanol–water partition coefficient (Wildman–Crippen LogP) is 3.25. The van der Waals surface area contributed by atoms with Crippen LogP contribution >= 0.6 is 11.6 Å². The van der Waals surface area contributed by atoms with Crippen LogP contribution in [0, 0.1) is 11.8 Å². The number of benzene rings is 1. The van der Waals surface area contributed by atoms with Crippen molar-refractivity contribution >= 4 is 17.5 Å². The summed E-state index contributed by atoms with van der Waals surface area (Å²) in [4.78, 5) is 14.7. The van der Waals surface area contributed by atoms with Crippen LogP contribution in [0.2, 0.25) is 5.02 Å². The van der Waals surface area contributed by atoms with Crippen molar-refractivity contribution in [1.82, 2.24) is 10.2 Å². The van der Waals surface area contributed by atoms with Crippen molar-refractivity contribution in [3.8, 4) is 0 Å². The van der Waals surface area contributed by atoms with Gasteiger partial charge >= 0.3 is 0 Å². The van der Waals surface area contributed by atoms with E-state index < -0.39 is 0 Å². The zero-order valence-electron chi connectivity index (χ0n) is 12.7. The van der Waals surface area contributed by atoms with Gasteiger partial charge in [0.1, 0.15) is 0 Å². The molecule has 1 aliphatic carbocycles. The van der Waals surface area contributed by atoms with Gasteiger partial charge in [0, 0.05) is 12.1 Å². The number of nitrogens with one attached hydrogen (secondary N) is 1. The molecule has 1 saturated carbocycles. The number of halogens is 1. The first-order valence-electron chi connectivity index (χ1n) is 7.83. The largest absolute Gasteiger partial charge is 0.338 e. The number of hydrogen-bond acceptors (Lipinski definition) is 2. The molecule has 0 bridgehead atoms. The molecular formula is C17H23ClN2O. The molecule has 3 nitrogen and oxygen atoms in total. The summed E-state index contributed by atoms with van der Waals surface area (Å²) in [7, 11) is 1.91. The molecule has 3 rings (SSSR count). The molecule has 1 aromatic carbocycles. The van der Waals surface area contributed by atoms with Gasteiger partial charge in [-0.3, -0.25) is 4.79 Å². The Morgan fingerprint density at radius 2 is 2.05 bits per heavy atom. The molecule has 0 aromatic heterocycles. The maximum absolute atomic E-state index is 12.8.